The van der Waals surface area contributed by atoms with Crippen LogP contribution in [-0.2, 0) is 12.8 Å². The van der Waals surface area contributed by atoms with Gasteiger partial charge in [0.2, 0.25) is 11.8 Å². The molecule has 1 heterocycles. The van der Waals surface area contributed by atoms with Crippen molar-refractivity contribution in [1.29, 1.82) is 0 Å². The topological polar surface area (TPSA) is 64.9 Å². The number of halogens is 1. The molecule has 0 radical (unpaired) electrons. The maximum atomic E-state index is 5.45. The van der Waals surface area contributed by atoms with Gasteiger partial charge in [0.15, 0.2) is 0 Å². The third-order valence-electron chi connectivity index (χ3n) is 2.11. The summed E-state index contributed by atoms with van der Waals surface area (Å²) in [4.78, 5) is 0. The third-order valence-corrected chi connectivity index (χ3v) is 2.60. The van der Waals surface area contributed by atoms with E-state index in [0.717, 1.165) is 10.0 Å². The van der Waals surface area contributed by atoms with Gasteiger partial charge in [-0.05, 0) is 17.7 Å². The molecule has 0 unspecified atom stereocenters. The van der Waals surface area contributed by atoms with Gasteiger partial charge in [0, 0.05) is 17.4 Å². The molecule has 5 heteroatoms. The lowest BCUT2D eigenvalue weighted by molar-refractivity contribution is 0.458. The van der Waals surface area contributed by atoms with Crippen molar-refractivity contribution in [2.24, 2.45) is 5.73 Å². The Kier molecular flexibility index (Phi) is 3.69. The lowest BCUT2D eigenvalue weighted by Gasteiger charge is -1.97. The molecule has 16 heavy (non-hydrogen) atoms. The van der Waals surface area contributed by atoms with Crippen LogP contribution in [0.4, 0.5) is 0 Å². The number of benzene rings is 1. The molecule has 0 spiro atoms. The second-order valence-corrected chi connectivity index (χ2v) is 4.35. The molecule has 0 atom stereocenters. The molecule has 84 valence electrons. The Hall–Kier alpha value is -1.20. The fourth-order valence-electron chi connectivity index (χ4n) is 1.41. The maximum absolute atomic E-state index is 5.45. The summed E-state index contributed by atoms with van der Waals surface area (Å²) in [6.45, 7) is 0.526. The monoisotopic (exact) mass is 281 g/mol. The summed E-state index contributed by atoms with van der Waals surface area (Å²) in [7, 11) is 0. The largest absolute Gasteiger partial charge is 0.425 e. The highest BCUT2D eigenvalue weighted by molar-refractivity contribution is 9.10. The van der Waals surface area contributed by atoms with E-state index in [9.17, 15) is 0 Å². The Morgan fingerprint density at radius 1 is 1.25 bits per heavy atom. The van der Waals surface area contributed by atoms with Gasteiger partial charge in [-0.25, -0.2) is 0 Å². The number of hydrogen-bond donors (Lipinski definition) is 1. The van der Waals surface area contributed by atoms with Gasteiger partial charge in [0.25, 0.3) is 0 Å². The fourth-order valence-corrected chi connectivity index (χ4v) is 1.85. The van der Waals surface area contributed by atoms with Crippen LogP contribution in [0.15, 0.2) is 33.2 Å². The molecule has 2 aromatic rings. The van der Waals surface area contributed by atoms with Gasteiger partial charge in [0.1, 0.15) is 0 Å². The number of nitrogens with two attached hydrogens (primary N) is 1. The van der Waals surface area contributed by atoms with E-state index in [1.807, 2.05) is 24.3 Å². The zero-order valence-corrected chi connectivity index (χ0v) is 10.3. The summed E-state index contributed by atoms with van der Waals surface area (Å²) in [5.41, 5.74) is 6.54. The van der Waals surface area contributed by atoms with Crippen LogP contribution in [0.3, 0.4) is 0 Å². The standard InChI is InChI=1S/C11H12BrN3O/c12-9-3-1-2-8(6-9)7-11-15-14-10(16-11)4-5-13/h1-3,6H,4-5,7,13H2. The van der Waals surface area contributed by atoms with Crippen LogP contribution >= 0.6 is 15.9 Å². The minimum Gasteiger partial charge on any atom is -0.425 e. The SMILES string of the molecule is NCCc1nnc(Cc2cccc(Br)c2)o1. The zero-order valence-electron chi connectivity index (χ0n) is 8.69. The Morgan fingerprint density at radius 3 is 2.81 bits per heavy atom. The Bertz CT molecular complexity index is 470. The van der Waals surface area contributed by atoms with Gasteiger partial charge in [-0.1, -0.05) is 28.1 Å². The highest BCUT2D eigenvalue weighted by Gasteiger charge is 2.06. The normalized spacial score (nSPS) is 10.6. The van der Waals surface area contributed by atoms with Crippen molar-refractivity contribution < 1.29 is 4.42 Å². The van der Waals surface area contributed by atoms with E-state index in [4.69, 9.17) is 10.2 Å². The summed E-state index contributed by atoms with van der Waals surface area (Å²) in [6.07, 6.45) is 1.28. The van der Waals surface area contributed by atoms with Crippen LogP contribution in [0.1, 0.15) is 17.3 Å². The molecule has 0 amide bonds. The van der Waals surface area contributed by atoms with Gasteiger partial charge in [0.05, 0.1) is 6.42 Å². The quantitative estimate of drug-likeness (QED) is 0.930. The van der Waals surface area contributed by atoms with Crippen molar-refractivity contribution in [3.05, 3.63) is 46.1 Å². The molecule has 2 N–H and O–H groups in total. The van der Waals surface area contributed by atoms with Gasteiger partial charge in [-0.3, -0.25) is 0 Å². The molecule has 0 aliphatic rings. The van der Waals surface area contributed by atoms with Crippen molar-refractivity contribution >= 4 is 15.9 Å². The molecular weight excluding hydrogens is 270 g/mol. The Balaban J connectivity index is 2.08. The lowest BCUT2D eigenvalue weighted by Crippen LogP contribution is -2.02. The maximum Gasteiger partial charge on any atom is 0.220 e. The van der Waals surface area contributed by atoms with Crippen molar-refractivity contribution in [1.82, 2.24) is 10.2 Å². The number of rotatable bonds is 4. The highest BCUT2D eigenvalue weighted by Crippen LogP contribution is 2.14. The molecule has 0 aliphatic carbocycles. The average Bonchev–Trinajstić information content (AvgIpc) is 2.66. The van der Waals surface area contributed by atoms with E-state index >= 15 is 0 Å². The minimum atomic E-state index is 0.526. The van der Waals surface area contributed by atoms with Crippen molar-refractivity contribution in [2.75, 3.05) is 6.54 Å². The molecule has 0 saturated carbocycles. The first-order valence-electron chi connectivity index (χ1n) is 5.03. The van der Waals surface area contributed by atoms with Gasteiger partial charge in [-0.2, -0.15) is 0 Å². The average molecular weight is 282 g/mol. The second kappa shape index (κ2) is 5.23. The van der Waals surface area contributed by atoms with E-state index < -0.39 is 0 Å². The van der Waals surface area contributed by atoms with E-state index in [1.165, 1.54) is 0 Å². The first-order valence-corrected chi connectivity index (χ1v) is 5.83. The number of hydrogen-bond acceptors (Lipinski definition) is 4. The molecule has 1 aromatic carbocycles. The summed E-state index contributed by atoms with van der Waals surface area (Å²) >= 11 is 3.42. The van der Waals surface area contributed by atoms with Gasteiger partial charge >= 0.3 is 0 Å². The predicted molar refractivity (Wildman–Crippen MR) is 64.0 cm³/mol. The summed E-state index contributed by atoms with van der Waals surface area (Å²) in [6, 6.07) is 8.03. The first-order chi connectivity index (χ1) is 7.78. The summed E-state index contributed by atoms with van der Waals surface area (Å²) < 4.78 is 6.50. The smallest absolute Gasteiger partial charge is 0.220 e. The molecule has 4 nitrogen and oxygen atoms in total. The number of aromatic nitrogens is 2. The highest BCUT2D eigenvalue weighted by atomic mass is 79.9. The fraction of sp³-hybridized carbons (Fsp3) is 0.273. The first kappa shape index (κ1) is 11.3. The van der Waals surface area contributed by atoms with Gasteiger partial charge < -0.3 is 10.2 Å². The Morgan fingerprint density at radius 2 is 2.06 bits per heavy atom. The van der Waals surface area contributed by atoms with Crippen LogP contribution in [0.25, 0.3) is 0 Å². The van der Waals surface area contributed by atoms with Crippen LogP contribution < -0.4 is 5.73 Å². The molecule has 0 saturated heterocycles. The lowest BCUT2D eigenvalue weighted by atomic mass is 10.1. The van der Waals surface area contributed by atoms with E-state index in [-0.39, 0.29) is 0 Å². The minimum absolute atomic E-state index is 0.526. The van der Waals surface area contributed by atoms with Gasteiger partial charge in [-0.15, -0.1) is 10.2 Å². The zero-order chi connectivity index (χ0) is 11.4. The van der Waals surface area contributed by atoms with E-state index in [0.29, 0.717) is 31.2 Å². The van der Waals surface area contributed by atoms with E-state index in [2.05, 4.69) is 26.1 Å². The predicted octanol–water partition coefficient (Wildman–Crippen LogP) is 1.92. The molecule has 2 rings (SSSR count). The molecule has 0 fully saturated rings. The molecule has 1 aromatic heterocycles. The number of nitrogens with zero attached hydrogens (tertiary/aromatic N) is 2. The second-order valence-electron chi connectivity index (χ2n) is 3.43. The van der Waals surface area contributed by atoms with Crippen molar-refractivity contribution in [3.8, 4) is 0 Å². The Labute approximate surface area is 102 Å². The summed E-state index contributed by atoms with van der Waals surface area (Å²) in [5, 5.41) is 7.89. The third kappa shape index (κ3) is 2.90. The van der Waals surface area contributed by atoms with Crippen molar-refractivity contribution in [3.63, 3.8) is 0 Å². The summed E-state index contributed by atoms with van der Waals surface area (Å²) in [5.74, 6) is 1.23. The molecular formula is C11H12BrN3O. The van der Waals surface area contributed by atoms with Crippen LogP contribution in [-0.4, -0.2) is 16.7 Å². The molecule has 0 aliphatic heterocycles. The molecule has 0 bridgehead atoms. The van der Waals surface area contributed by atoms with Crippen LogP contribution in [0, 0.1) is 0 Å². The van der Waals surface area contributed by atoms with Crippen molar-refractivity contribution in [2.45, 2.75) is 12.8 Å². The van der Waals surface area contributed by atoms with Crippen LogP contribution in [0.2, 0.25) is 0 Å². The van der Waals surface area contributed by atoms with Crippen LogP contribution in [0.5, 0.6) is 0 Å². The van der Waals surface area contributed by atoms with E-state index in [1.54, 1.807) is 0 Å².